The highest BCUT2D eigenvalue weighted by Gasteiger charge is 2.22. The molecule has 8 nitrogen and oxygen atoms in total. The van der Waals surface area contributed by atoms with Crippen molar-refractivity contribution in [2.24, 2.45) is 0 Å². The summed E-state index contributed by atoms with van der Waals surface area (Å²) in [5, 5.41) is 11.8. The molecule has 2 N–H and O–H groups in total. The zero-order valence-electron chi connectivity index (χ0n) is 19.2. The van der Waals surface area contributed by atoms with Gasteiger partial charge in [-0.25, -0.2) is 9.37 Å². The highest BCUT2D eigenvalue weighted by molar-refractivity contribution is 6.02. The zero-order valence-corrected chi connectivity index (χ0v) is 19.2. The summed E-state index contributed by atoms with van der Waals surface area (Å²) >= 11 is 0. The molecule has 174 valence electrons. The van der Waals surface area contributed by atoms with Crippen molar-refractivity contribution < 1.29 is 13.9 Å². The molecule has 0 fully saturated rings. The minimum absolute atomic E-state index is 0.0342. The van der Waals surface area contributed by atoms with Gasteiger partial charge in [-0.2, -0.15) is 5.10 Å². The van der Waals surface area contributed by atoms with Crippen LogP contribution < -0.4 is 20.3 Å². The number of nitrogens with zero attached hydrogens (tertiary/aromatic N) is 4. The van der Waals surface area contributed by atoms with Crippen LogP contribution in [0, 0.1) is 12.7 Å². The van der Waals surface area contributed by atoms with E-state index in [9.17, 15) is 9.18 Å². The van der Waals surface area contributed by atoms with E-state index in [1.807, 2.05) is 41.9 Å². The van der Waals surface area contributed by atoms with Crippen molar-refractivity contribution in [3.63, 3.8) is 0 Å². The van der Waals surface area contributed by atoms with Crippen molar-refractivity contribution in [1.82, 2.24) is 14.8 Å². The van der Waals surface area contributed by atoms with Crippen molar-refractivity contribution in [3.05, 3.63) is 71.3 Å². The lowest BCUT2D eigenvalue weighted by Crippen LogP contribution is -2.36. The highest BCUT2D eigenvalue weighted by atomic mass is 19.1. The molecule has 0 aliphatic carbocycles. The maximum absolute atomic E-state index is 13.7. The maximum atomic E-state index is 13.7. The topological polar surface area (TPSA) is 84.3 Å². The lowest BCUT2D eigenvalue weighted by Gasteiger charge is -2.28. The minimum atomic E-state index is -0.381. The molecule has 2 aromatic carbocycles. The van der Waals surface area contributed by atoms with E-state index in [0.29, 0.717) is 19.6 Å². The number of rotatable bonds is 6. The van der Waals surface area contributed by atoms with E-state index in [1.165, 1.54) is 13.2 Å². The lowest BCUT2D eigenvalue weighted by atomic mass is 10.1. The SMILES string of the molecule is COc1cc(Cn2ncc3cc(CNc4cc5c(c(C)n4)NC(=O)CN5C)ccc32)ccc1F. The van der Waals surface area contributed by atoms with E-state index in [1.54, 1.807) is 12.1 Å². The lowest BCUT2D eigenvalue weighted by molar-refractivity contribution is -0.115. The summed E-state index contributed by atoms with van der Waals surface area (Å²) in [6.07, 6.45) is 1.83. The Morgan fingerprint density at radius 1 is 1.18 bits per heavy atom. The zero-order chi connectivity index (χ0) is 23.8. The molecule has 0 spiro atoms. The van der Waals surface area contributed by atoms with Crippen LogP contribution in [-0.2, 0) is 17.9 Å². The van der Waals surface area contributed by atoms with Gasteiger partial charge in [-0.15, -0.1) is 0 Å². The number of halogens is 1. The van der Waals surface area contributed by atoms with E-state index in [0.717, 1.165) is 44.9 Å². The fourth-order valence-corrected chi connectivity index (χ4v) is 4.22. The molecule has 0 atom stereocenters. The van der Waals surface area contributed by atoms with Crippen molar-refractivity contribution in [3.8, 4) is 5.75 Å². The summed E-state index contributed by atoms with van der Waals surface area (Å²) < 4.78 is 20.7. The molecule has 0 saturated heterocycles. The standard InChI is InChI=1S/C25H25FN6O2/c1-15-25-21(31(2)14-24(33)30-25)10-23(29-15)27-11-16-5-7-20-18(8-16)12-28-32(20)13-17-4-6-19(26)22(9-17)34-3/h4-10,12H,11,13-14H2,1-3H3,(H,27,29)(H,30,33). The quantitative estimate of drug-likeness (QED) is 0.454. The van der Waals surface area contributed by atoms with Gasteiger partial charge in [0.15, 0.2) is 11.6 Å². The Balaban J connectivity index is 1.32. The van der Waals surface area contributed by atoms with Gasteiger partial charge in [-0.05, 0) is 42.3 Å². The monoisotopic (exact) mass is 460 g/mol. The van der Waals surface area contributed by atoms with Gasteiger partial charge in [0.05, 0.1) is 49.0 Å². The second kappa shape index (κ2) is 8.66. The number of methoxy groups -OCH3 is 1. The molecular weight excluding hydrogens is 435 g/mol. The first kappa shape index (κ1) is 21.7. The number of amides is 1. The van der Waals surface area contributed by atoms with Gasteiger partial charge in [-0.3, -0.25) is 9.48 Å². The summed E-state index contributed by atoms with van der Waals surface area (Å²) in [5.41, 5.74) is 5.47. The molecule has 2 aromatic heterocycles. The van der Waals surface area contributed by atoms with Gasteiger partial charge in [-0.1, -0.05) is 12.1 Å². The van der Waals surface area contributed by atoms with E-state index < -0.39 is 0 Å². The normalized spacial score (nSPS) is 13.1. The first-order valence-corrected chi connectivity index (χ1v) is 10.9. The molecule has 34 heavy (non-hydrogen) atoms. The third kappa shape index (κ3) is 4.12. The summed E-state index contributed by atoms with van der Waals surface area (Å²) in [6, 6.07) is 13.0. The third-order valence-corrected chi connectivity index (χ3v) is 5.96. The molecule has 5 rings (SSSR count). The van der Waals surface area contributed by atoms with Crippen LogP contribution in [0.4, 0.5) is 21.6 Å². The Labute approximate surface area is 196 Å². The van der Waals surface area contributed by atoms with Crippen LogP contribution in [0.5, 0.6) is 5.75 Å². The van der Waals surface area contributed by atoms with E-state index >= 15 is 0 Å². The molecular formula is C25H25FN6O2. The first-order chi connectivity index (χ1) is 16.4. The number of hydrogen-bond acceptors (Lipinski definition) is 6. The van der Waals surface area contributed by atoms with Crippen LogP contribution in [-0.4, -0.2) is 41.4 Å². The summed E-state index contributed by atoms with van der Waals surface area (Å²) in [5.74, 6) is 0.559. The largest absolute Gasteiger partial charge is 0.494 e. The Morgan fingerprint density at radius 2 is 2.00 bits per heavy atom. The highest BCUT2D eigenvalue weighted by Crippen LogP contribution is 2.33. The Kier molecular flexibility index (Phi) is 5.53. The van der Waals surface area contributed by atoms with E-state index in [2.05, 4.69) is 32.8 Å². The van der Waals surface area contributed by atoms with Gasteiger partial charge < -0.3 is 20.3 Å². The van der Waals surface area contributed by atoms with Gasteiger partial charge in [0.25, 0.3) is 0 Å². The molecule has 3 heterocycles. The Bertz CT molecular complexity index is 1400. The predicted octanol–water partition coefficient (Wildman–Crippen LogP) is 3.94. The van der Waals surface area contributed by atoms with E-state index in [4.69, 9.17) is 4.74 Å². The van der Waals surface area contributed by atoms with Gasteiger partial charge in [0.1, 0.15) is 5.82 Å². The van der Waals surface area contributed by atoms with Crippen molar-refractivity contribution in [2.45, 2.75) is 20.0 Å². The van der Waals surface area contributed by atoms with Crippen LogP contribution >= 0.6 is 0 Å². The van der Waals surface area contributed by atoms with Crippen LogP contribution in [0.2, 0.25) is 0 Å². The van der Waals surface area contributed by atoms with Crippen LogP contribution in [0.1, 0.15) is 16.8 Å². The van der Waals surface area contributed by atoms with Gasteiger partial charge in [0, 0.05) is 25.0 Å². The molecule has 1 aliphatic heterocycles. The van der Waals surface area contributed by atoms with Crippen molar-refractivity contribution in [1.29, 1.82) is 0 Å². The van der Waals surface area contributed by atoms with Gasteiger partial charge in [0.2, 0.25) is 5.91 Å². The second-order valence-corrected chi connectivity index (χ2v) is 8.41. The fraction of sp³-hybridized carbons (Fsp3) is 0.240. The average Bonchev–Trinajstić information content (AvgIpc) is 3.21. The van der Waals surface area contributed by atoms with Crippen LogP contribution in [0.3, 0.4) is 0 Å². The number of fused-ring (bicyclic) bond motifs is 2. The molecule has 0 saturated carbocycles. The summed E-state index contributed by atoms with van der Waals surface area (Å²) in [7, 11) is 3.35. The minimum Gasteiger partial charge on any atom is -0.494 e. The van der Waals surface area contributed by atoms with Crippen LogP contribution in [0.15, 0.2) is 48.7 Å². The molecule has 0 bridgehead atoms. The smallest absolute Gasteiger partial charge is 0.243 e. The molecule has 0 unspecified atom stereocenters. The Hall–Kier alpha value is -4.14. The number of aryl methyl sites for hydroxylation is 1. The molecule has 9 heteroatoms. The number of ether oxygens (including phenoxy) is 1. The molecule has 0 radical (unpaired) electrons. The van der Waals surface area contributed by atoms with E-state index in [-0.39, 0.29) is 17.5 Å². The van der Waals surface area contributed by atoms with Gasteiger partial charge >= 0.3 is 0 Å². The van der Waals surface area contributed by atoms with Crippen molar-refractivity contribution >= 4 is 34.0 Å². The number of hydrogen-bond donors (Lipinski definition) is 2. The van der Waals surface area contributed by atoms with Crippen molar-refractivity contribution in [2.75, 3.05) is 36.2 Å². The second-order valence-electron chi connectivity index (χ2n) is 8.41. The molecule has 1 aliphatic rings. The molecule has 1 amide bonds. The molecule has 4 aromatic rings. The number of carbonyl (C=O) groups is 1. The number of anilines is 3. The van der Waals surface area contributed by atoms with Crippen LogP contribution in [0.25, 0.3) is 10.9 Å². The maximum Gasteiger partial charge on any atom is 0.243 e. The summed E-state index contributed by atoms with van der Waals surface area (Å²) in [4.78, 5) is 18.3. The number of likely N-dealkylation sites (N-methyl/N-ethyl adjacent to an activating group) is 1. The Morgan fingerprint density at radius 3 is 2.82 bits per heavy atom. The number of benzene rings is 2. The predicted molar refractivity (Wildman–Crippen MR) is 130 cm³/mol. The number of pyridine rings is 1. The third-order valence-electron chi connectivity index (χ3n) is 5.96. The average molecular weight is 461 g/mol. The fourth-order valence-electron chi connectivity index (χ4n) is 4.22. The number of aromatic nitrogens is 3. The number of nitrogens with one attached hydrogen (secondary N) is 2. The first-order valence-electron chi connectivity index (χ1n) is 10.9. The summed E-state index contributed by atoms with van der Waals surface area (Å²) in [6.45, 7) is 3.32. The number of carbonyl (C=O) groups excluding carboxylic acids is 1.